The van der Waals surface area contributed by atoms with Gasteiger partial charge in [0.1, 0.15) is 6.07 Å². The van der Waals surface area contributed by atoms with Crippen molar-refractivity contribution in [2.45, 2.75) is 12.8 Å². The van der Waals surface area contributed by atoms with Crippen molar-refractivity contribution in [1.82, 2.24) is 0 Å². The maximum atomic E-state index is 9.17. The Balaban J connectivity index is 2.50. The molecule has 0 saturated carbocycles. The van der Waals surface area contributed by atoms with Crippen molar-refractivity contribution in [2.75, 3.05) is 6.61 Å². The van der Waals surface area contributed by atoms with Crippen molar-refractivity contribution < 1.29 is 5.11 Å². The van der Waals surface area contributed by atoms with E-state index in [0.717, 1.165) is 28.7 Å². The van der Waals surface area contributed by atoms with Crippen LogP contribution in [0.15, 0.2) is 36.4 Å². The second-order valence-corrected chi connectivity index (χ2v) is 3.76. The first-order valence-corrected chi connectivity index (χ1v) is 5.38. The zero-order valence-electron chi connectivity index (χ0n) is 8.98. The van der Waals surface area contributed by atoms with E-state index in [1.807, 2.05) is 36.4 Å². The van der Waals surface area contributed by atoms with Gasteiger partial charge in [0, 0.05) is 6.61 Å². The zero-order chi connectivity index (χ0) is 11.4. The summed E-state index contributed by atoms with van der Waals surface area (Å²) in [6, 6.07) is 14.2. The largest absolute Gasteiger partial charge is 0.396 e. The summed E-state index contributed by atoms with van der Waals surface area (Å²) in [5, 5.41) is 18.0. The molecule has 2 rings (SSSR count). The van der Waals surface area contributed by atoms with Crippen LogP contribution in [0.3, 0.4) is 0 Å². The molecule has 0 bridgehead atoms. The van der Waals surface area contributed by atoms with Crippen LogP contribution >= 0.6 is 0 Å². The van der Waals surface area contributed by atoms with E-state index < -0.39 is 0 Å². The molecular formula is C14H13NO. The molecule has 0 saturated heterocycles. The lowest BCUT2D eigenvalue weighted by Crippen LogP contribution is -1.89. The highest BCUT2D eigenvalue weighted by Crippen LogP contribution is 2.31. The summed E-state index contributed by atoms with van der Waals surface area (Å²) in [7, 11) is 0. The second-order valence-electron chi connectivity index (χ2n) is 3.76. The smallest absolute Gasteiger partial charge is 0.100 e. The number of nitriles is 1. The fourth-order valence-electron chi connectivity index (χ4n) is 1.95. The van der Waals surface area contributed by atoms with E-state index in [2.05, 4.69) is 6.07 Å². The number of hydrogen-bond acceptors (Lipinski definition) is 2. The molecule has 16 heavy (non-hydrogen) atoms. The number of nitrogens with zero attached hydrogens (tertiary/aromatic N) is 1. The summed E-state index contributed by atoms with van der Waals surface area (Å²) in [5.74, 6) is 0. The maximum absolute atomic E-state index is 9.17. The van der Waals surface area contributed by atoms with Crippen molar-refractivity contribution in [3.05, 3.63) is 47.5 Å². The minimum absolute atomic E-state index is 0.167. The van der Waals surface area contributed by atoms with Crippen LogP contribution in [0.25, 0.3) is 11.1 Å². The van der Waals surface area contributed by atoms with Crippen LogP contribution in [0, 0.1) is 11.3 Å². The van der Waals surface area contributed by atoms with E-state index in [1.165, 1.54) is 0 Å². The molecule has 0 aromatic rings. The second kappa shape index (κ2) is 4.78. The predicted molar refractivity (Wildman–Crippen MR) is 63.2 cm³/mol. The Labute approximate surface area is 95.1 Å². The van der Waals surface area contributed by atoms with Crippen molar-refractivity contribution in [3.63, 3.8) is 0 Å². The van der Waals surface area contributed by atoms with Crippen molar-refractivity contribution in [2.24, 2.45) is 0 Å². The zero-order valence-corrected chi connectivity index (χ0v) is 8.98. The molecule has 0 unspecified atom stereocenters. The molecule has 80 valence electrons. The third-order valence-corrected chi connectivity index (χ3v) is 2.71. The van der Waals surface area contributed by atoms with E-state index in [9.17, 15) is 5.26 Å². The molecule has 0 aromatic carbocycles. The molecule has 1 N–H and O–H groups in total. The Morgan fingerprint density at radius 3 is 2.75 bits per heavy atom. The lowest BCUT2D eigenvalue weighted by molar-refractivity contribution is 0.288. The molecule has 0 atom stereocenters. The Bertz CT molecular complexity index is 499. The SMILES string of the molecule is N#Cc1c(CCCO)cc2cccccc1-2. The van der Waals surface area contributed by atoms with Gasteiger partial charge >= 0.3 is 0 Å². The van der Waals surface area contributed by atoms with Gasteiger partial charge in [0.25, 0.3) is 0 Å². The topological polar surface area (TPSA) is 44.0 Å². The van der Waals surface area contributed by atoms with Crippen LogP contribution in [0.1, 0.15) is 17.5 Å². The van der Waals surface area contributed by atoms with E-state index in [1.54, 1.807) is 0 Å². The third-order valence-electron chi connectivity index (χ3n) is 2.71. The first-order valence-electron chi connectivity index (χ1n) is 5.38. The van der Waals surface area contributed by atoms with Gasteiger partial charge in [0.05, 0.1) is 5.56 Å². The van der Waals surface area contributed by atoms with Crippen molar-refractivity contribution in [1.29, 1.82) is 5.26 Å². The molecule has 0 fully saturated rings. The normalized spacial score (nSPS) is 10.2. The van der Waals surface area contributed by atoms with Crippen LogP contribution in [-0.4, -0.2) is 11.7 Å². The molecule has 0 radical (unpaired) electrons. The standard InChI is InChI=1S/C14H13NO/c15-10-14-12(6-4-8-16)9-11-5-2-1-3-7-13(11)14/h1-3,5,7,9,16H,4,6,8H2. The third kappa shape index (κ3) is 1.91. The molecule has 0 aliphatic heterocycles. The summed E-state index contributed by atoms with van der Waals surface area (Å²) in [5.41, 5.74) is 3.88. The highest BCUT2D eigenvalue weighted by Gasteiger charge is 2.13. The maximum Gasteiger partial charge on any atom is 0.100 e. The highest BCUT2D eigenvalue weighted by atomic mass is 16.2. The van der Waals surface area contributed by atoms with Crippen LogP contribution in [0.2, 0.25) is 0 Å². The number of aliphatic hydroxyl groups excluding tert-OH is 1. The Kier molecular flexibility index (Phi) is 3.19. The van der Waals surface area contributed by atoms with Gasteiger partial charge in [-0.3, -0.25) is 0 Å². The van der Waals surface area contributed by atoms with Crippen LogP contribution in [0.4, 0.5) is 0 Å². The van der Waals surface area contributed by atoms with E-state index >= 15 is 0 Å². The van der Waals surface area contributed by atoms with Crippen LogP contribution in [0.5, 0.6) is 0 Å². The van der Waals surface area contributed by atoms with E-state index in [0.29, 0.717) is 6.42 Å². The van der Waals surface area contributed by atoms with Crippen LogP contribution in [-0.2, 0) is 6.42 Å². The van der Waals surface area contributed by atoms with Gasteiger partial charge in [0.2, 0.25) is 0 Å². The monoisotopic (exact) mass is 211 g/mol. The lowest BCUT2D eigenvalue weighted by Gasteiger charge is -1.95. The first-order chi connectivity index (χ1) is 7.86. The minimum atomic E-state index is 0.167. The van der Waals surface area contributed by atoms with Gasteiger partial charge in [-0.1, -0.05) is 30.3 Å². The van der Waals surface area contributed by atoms with Gasteiger partial charge < -0.3 is 5.11 Å². The summed E-state index contributed by atoms with van der Waals surface area (Å²) < 4.78 is 0. The quantitative estimate of drug-likeness (QED) is 0.848. The Morgan fingerprint density at radius 1 is 1.19 bits per heavy atom. The summed E-state index contributed by atoms with van der Waals surface area (Å²) >= 11 is 0. The summed E-state index contributed by atoms with van der Waals surface area (Å²) in [4.78, 5) is 0. The molecule has 0 spiro atoms. The molecule has 0 heterocycles. The van der Waals surface area contributed by atoms with Gasteiger partial charge in [-0.2, -0.15) is 5.26 Å². The molecule has 0 amide bonds. The van der Waals surface area contributed by atoms with Gasteiger partial charge in [-0.05, 0) is 35.6 Å². The van der Waals surface area contributed by atoms with Crippen molar-refractivity contribution >= 4 is 0 Å². The Hall–Kier alpha value is -1.85. The average molecular weight is 211 g/mol. The minimum Gasteiger partial charge on any atom is -0.396 e. The molecule has 2 nitrogen and oxygen atoms in total. The first kappa shape index (κ1) is 10.7. The lowest BCUT2D eigenvalue weighted by atomic mass is 10.1. The average Bonchev–Trinajstić information content (AvgIpc) is 2.47. The Morgan fingerprint density at radius 2 is 2.00 bits per heavy atom. The number of fused-ring (bicyclic) bond motifs is 1. The number of hydrogen-bond donors (Lipinski definition) is 1. The summed E-state index contributed by atoms with van der Waals surface area (Å²) in [6.45, 7) is 0.167. The fraction of sp³-hybridized carbons (Fsp3) is 0.214. The van der Waals surface area contributed by atoms with E-state index in [4.69, 9.17) is 5.11 Å². The number of aliphatic hydroxyl groups is 1. The van der Waals surface area contributed by atoms with Gasteiger partial charge in [-0.25, -0.2) is 0 Å². The molecule has 2 heteroatoms. The predicted octanol–water partition coefficient (Wildman–Crippen LogP) is 2.59. The fourth-order valence-corrected chi connectivity index (χ4v) is 1.95. The van der Waals surface area contributed by atoms with E-state index in [-0.39, 0.29) is 6.61 Å². The van der Waals surface area contributed by atoms with Crippen LogP contribution < -0.4 is 0 Å². The molecular weight excluding hydrogens is 198 g/mol. The summed E-state index contributed by atoms with van der Waals surface area (Å²) in [6.07, 6.45) is 1.47. The number of rotatable bonds is 3. The van der Waals surface area contributed by atoms with Crippen molar-refractivity contribution in [3.8, 4) is 17.2 Å². The highest BCUT2D eigenvalue weighted by molar-refractivity contribution is 5.76. The molecule has 2 aliphatic carbocycles. The molecule has 2 aliphatic rings. The number of aryl methyl sites for hydroxylation is 1. The van der Waals surface area contributed by atoms with Gasteiger partial charge in [0.15, 0.2) is 0 Å². The molecule has 0 aromatic heterocycles. The van der Waals surface area contributed by atoms with Gasteiger partial charge in [-0.15, -0.1) is 0 Å².